The van der Waals surface area contributed by atoms with Gasteiger partial charge >= 0.3 is 0 Å². The highest BCUT2D eigenvalue weighted by Crippen LogP contribution is 2.18. The minimum Gasteiger partial charge on any atom is -0.332 e. The van der Waals surface area contributed by atoms with Gasteiger partial charge in [0.2, 0.25) is 0 Å². The number of hydrogen-bond acceptors (Lipinski definition) is 4. The van der Waals surface area contributed by atoms with Crippen LogP contribution in [-0.4, -0.2) is 15.1 Å². The number of aryl methyl sites for hydroxylation is 1. The summed E-state index contributed by atoms with van der Waals surface area (Å²) in [4.78, 5) is 8.40. The molecule has 0 amide bonds. The van der Waals surface area contributed by atoms with Crippen LogP contribution in [0.4, 0.5) is 0 Å². The van der Waals surface area contributed by atoms with E-state index in [0.717, 1.165) is 5.69 Å². The van der Waals surface area contributed by atoms with Gasteiger partial charge in [0.25, 0.3) is 5.89 Å². The molecule has 0 aliphatic rings. The van der Waals surface area contributed by atoms with Crippen LogP contribution in [0.3, 0.4) is 0 Å². The van der Waals surface area contributed by atoms with Gasteiger partial charge in [-0.25, -0.2) is 0 Å². The molecule has 0 saturated carbocycles. The molecule has 2 aromatic heterocycles. The first-order chi connectivity index (χ1) is 8.16. The maximum Gasteiger partial charge on any atom is 0.276 e. The zero-order valence-corrected chi connectivity index (χ0v) is 11.1. The number of rotatable bonds is 2. The summed E-state index contributed by atoms with van der Waals surface area (Å²) in [7, 11) is 0. The van der Waals surface area contributed by atoms with E-state index in [1.54, 1.807) is 6.92 Å². The molecule has 0 spiro atoms. The van der Waals surface area contributed by atoms with E-state index < -0.39 is 0 Å². The summed E-state index contributed by atoms with van der Waals surface area (Å²) >= 11 is 0. The third-order valence-electron chi connectivity index (χ3n) is 2.20. The van der Waals surface area contributed by atoms with Crippen LogP contribution < -0.4 is 0 Å². The maximum atomic E-state index is 5.03. The Morgan fingerprint density at radius 2 is 1.88 bits per heavy atom. The first kappa shape index (κ1) is 13.4. The number of nitrogens with zero attached hydrogens (tertiary/aromatic N) is 3. The molecular weight excluding hydrogens is 214 g/mol. The van der Waals surface area contributed by atoms with Gasteiger partial charge in [0.1, 0.15) is 5.69 Å². The lowest BCUT2D eigenvalue weighted by Crippen LogP contribution is -1.90. The highest BCUT2D eigenvalue weighted by Gasteiger charge is 2.07. The molecule has 0 saturated heterocycles. The Hall–Kier alpha value is -1.71. The van der Waals surface area contributed by atoms with Crippen LogP contribution >= 0.6 is 0 Å². The van der Waals surface area contributed by atoms with Crippen molar-refractivity contribution >= 4 is 0 Å². The van der Waals surface area contributed by atoms with Crippen molar-refractivity contribution in [1.29, 1.82) is 0 Å². The molecular formula is C13H19N3O. The third-order valence-corrected chi connectivity index (χ3v) is 2.20. The zero-order chi connectivity index (χ0) is 12.8. The van der Waals surface area contributed by atoms with Crippen molar-refractivity contribution in [3.05, 3.63) is 29.7 Å². The van der Waals surface area contributed by atoms with E-state index in [1.807, 2.05) is 32.2 Å². The lowest BCUT2D eigenvalue weighted by atomic mass is 10.1. The second-order valence-electron chi connectivity index (χ2n) is 3.78. The molecule has 4 heteroatoms. The first-order valence-corrected chi connectivity index (χ1v) is 5.93. The third kappa shape index (κ3) is 3.37. The molecule has 92 valence electrons. The summed E-state index contributed by atoms with van der Waals surface area (Å²) in [5, 5.41) is 3.72. The second kappa shape index (κ2) is 6.13. The summed E-state index contributed by atoms with van der Waals surface area (Å²) in [5.41, 5.74) is 1.93. The van der Waals surface area contributed by atoms with Crippen molar-refractivity contribution in [3.63, 3.8) is 0 Å². The topological polar surface area (TPSA) is 51.8 Å². The minimum absolute atomic E-state index is 0.475. The Kier molecular flexibility index (Phi) is 4.82. The average Bonchev–Trinajstić information content (AvgIpc) is 2.79. The fourth-order valence-corrected chi connectivity index (χ4v) is 1.27. The predicted molar refractivity (Wildman–Crippen MR) is 67.7 cm³/mol. The van der Waals surface area contributed by atoms with Gasteiger partial charge in [-0.3, -0.25) is 4.98 Å². The van der Waals surface area contributed by atoms with Crippen LogP contribution in [0.2, 0.25) is 0 Å². The molecule has 0 atom stereocenters. The summed E-state index contributed by atoms with van der Waals surface area (Å²) in [6.07, 6.45) is 1.85. The van der Waals surface area contributed by atoms with Gasteiger partial charge < -0.3 is 4.52 Å². The van der Waals surface area contributed by atoms with E-state index in [4.69, 9.17) is 4.52 Å². The fraction of sp³-hybridized carbons (Fsp3) is 0.462. The molecule has 17 heavy (non-hydrogen) atoms. The van der Waals surface area contributed by atoms with Gasteiger partial charge in [-0.05, 0) is 24.5 Å². The molecule has 0 aromatic carbocycles. The number of aromatic nitrogens is 3. The smallest absolute Gasteiger partial charge is 0.276 e. The average molecular weight is 233 g/mol. The quantitative estimate of drug-likeness (QED) is 0.795. The Labute approximate surface area is 102 Å². The summed E-state index contributed by atoms with van der Waals surface area (Å²) < 4.78 is 5.03. The fourth-order valence-electron chi connectivity index (χ4n) is 1.27. The number of hydrogen-bond donors (Lipinski definition) is 0. The second-order valence-corrected chi connectivity index (χ2v) is 3.78. The Bertz CT molecular complexity index is 446. The largest absolute Gasteiger partial charge is 0.332 e. The van der Waals surface area contributed by atoms with Gasteiger partial charge in [0.05, 0.1) is 0 Å². The van der Waals surface area contributed by atoms with Crippen molar-refractivity contribution in [2.24, 2.45) is 0 Å². The van der Waals surface area contributed by atoms with E-state index in [-0.39, 0.29) is 0 Å². The van der Waals surface area contributed by atoms with Crippen LogP contribution in [-0.2, 0) is 0 Å². The lowest BCUT2D eigenvalue weighted by molar-refractivity contribution is 0.424. The highest BCUT2D eigenvalue weighted by atomic mass is 16.5. The Balaban J connectivity index is 0.000000686. The van der Waals surface area contributed by atoms with Gasteiger partial charge in [0.15, 0.2) is 5.82 Å². The van der Waals surface area contributed by atoms with Crippen molar-refractivity contribution in [2.75, 3.05) is 0 Å². The van der Waals surface area contributed by atoms with Crippen molar-refractivity contribution in [2.45, 2.75) is 40.5 Å². The van der Waals surface area contributed by atoms with Crippen LogP contribution in [0, 0.1) is 6.92 Å². The molecule has 2 heterocycles. The molecule has 4 nitrogen and oxygen atoms in total. The summed E-state index contributed by atoms with van der Waals surface area (Å²) in [6, 6.07) is 3.94. The molecule has 0 aliphatic heterocycles. The van der Waals surface area contributed by atoms with Gasteiger partial charge in [-0.2, -0.15) is 4.98 Å². The molecule has 0 bridgehead atoms. The van der Waals surface area contributed by atoms with Crippen molar-refractivity contribution in [1.82, 2.24) is 15.1 Å². The predicted octanol–water partition coefficient (Wildman–Crippen LogP) is 3.59. The van der Waals surface area contributed by atoms with Crippen LogP contribution in [0.25, 0.3) is 11.6 Å². The van der Waals surface area contributed by atoms with Gasteiger partial charge in [0, 0.05) is 6.20 Å². The molecule has 0 aliphatic carbocycles. The van der Waals surface area contributed by atoms with Crippen molar-refractivity contribution < 1.29 is 4.52 Å². The lowest BCUT2D eigenvalue weighted by Gasteiger charge is -2.03. The van der Waals surface area contributed by atoms with Gasteiger partial charge in [-0.1, -0.05) is 38.9 Å². The van der Waals surface area contributed by atoms with E-state index in [9.17, 15) is 0 Å². The molecule has 2 rings (SSSR count). The molecule has 0 unspecified atom stereocenters. The highest BCUT2D eigenvalue weighted by molar-refractivity contribution is 5.46. The first-order valence-electron chi connectivity index (χ1n) is 5.93. The monoisotopic (exact) mass is 233 g/mol. The zero-order valence-electron chi connectivity index (χ0n) is 11.1. The molecule has 0 radical (unpaired) electrons. The normalized spacial score (nSPS) is 10.0. The van der Waals surface area contributed by atoms with E-state index in [0.29, 0.717) is 17.6 Å². The van der Waals surface area contributed by atoms with E-state index in [2.05, 4.69) is 29.0 Å². The van der Waals surface area contributed by atoms with Crippen molar-refractivity contribution in [3.8, 4) is 11.6 Å². The Morgan fingerprint density at radius 3 is 2.29 bits per heavy atom. The molecule has 0 fully saturated rings. The standard InChI is InChI=1S/C11H13N3O.C2H6/c1-7(2)9-4-5-10(12-6-9)11-13-8(3)14-15-11;1-2/h4-7H,1-3H3;1-2H3. The van der Waals surface area contributed by atoms with Crippen LogP contribution in [0.15, 0.2) is 22.9 Å². The van der Waals surface area contributed by atoms with E-state index >= 15 is 0 Å². The van der Waals surface area contributed by atoms with Crippen LogP contribution in [0.5, 0.6) is 0 Å². The van der Waals surface area contributed by atoms with Gasteiger partial charge in [-0.15, -0.1) is 0 Å². The minimum atomic E-state index is 0.475. The maximum absolute atomic E-state index is 5.03. The number of pyridine rings is 1. The summed E-state index contributed by atoms with van der Waals surface area (Å²) in [5.74, 6) is 1.58. The molecule has 2 aromatic rings. The molecule has 0 N–H and O–H groups in total. The van der Waals surface area contributed by atoms with E-state index in [1.165, 1.54) is 5.56 Å². The summed E-state index contributed by atoms with van der Waals surface area (Å²) in [6.45, 7) is 10.1. The SMILES string of the molecule is CC.Cc1noc(-c2ccc(C(C)C)cn2)n1. The van der Waals surface area contributed by atoms with Crippen LogP contribution in [0.1, 0.15) is 45.0 Å². The Morgan fingerprint density at radius 1 is 1.18 bits per heavy atom.